The zero-order valence-electron chi connectivity index (χ0n) is 7.64. The summed E-state index contributed by atoms with van der Waals surface area (Å²) in [4.78, 5) is 4.47. The SMILES string of the molecule is CCC(C)(C)c1csc(C)n1. The fourth-order valence-electron chi connectivity index (χ4n) is 0.855. The minimum Gasteiger partial charge on any atom is -0.246 e. The Balaban J connectivity index is 2.92. The van der Waals surface area contributed by atoms with Crippen LogP contribution in [0.1, 0.15) is 37.9 Å². The number of rotatable bonds is 2. The summed E-state index contributed by atoms with van der Waals surface area (Å²) in [6.45, 7) is 8.73. The third-order valence-electron chi connectivity index (χ3n) is 2.20. The molecule has 11 heavy (non-hydrogen) atoms. The number of nitrogens with zero attached hydrogens (tertiary/aromatic N) is 1. The summed E-state index contributed by atoms with van der Waals surface area (Å²) < 4.78 is 0. The van der Waals surface area contributed by atoms with Crippen molar-refractivity contribution in [2.75, 3.05) is 0 Å². The molecule has 0 saturated carbocycles. The van der Waals surface area contributed by atoms with E-state index in [-0.39, 0.29) is 5.41 Å². The van der Waals surface area contributed by atoms with E-state index in [4.69, 9.17) is 0 Å². The second kappa shape index (κ2) is 2.94. The van der Waals surface area contributed by atoms with Crippen molar-refractivity contribution in [2.24, 2.45) is 0 Å². The normalized spacial score (nSPS) is 12.0. The largest absolute Gasteiger partial charge is 0.246 e. The molecule has 62 valence electrons. The molecule has 0 aliphatic rings. The molecule has 0 fully saturated rings. The maximum atomic E-state index is 4.47. The van der Waals surface area contributed by atoms with Gasteiger partial charge in [0.1, 0.15) is 0 Å². The van der Waals surface area contributed by atoms with Crippen LogP contribution in [0, 0.1) is 6.92 Å². The second-order valence-corrected chi connectivity index (χ2v) is 4.55. The summed E-state index contributed by atoms with van der Waals surface area (Å²) in [6, 6.07) is 0. The lowest BCUT2D eigenvalue weighted by molar-refractivity contribution is 0.492. The van der Waals surface area contributed by atoms with Gasteiger partial charge in [-0.3, -0.25) is 0 Å². The summed E-state index contributed by atoms with van der Waals surface area (Å²) in [5.41, 5.74) is 1.49. The highest BCUT2D eigenvalue weighted by molar-refractivity contribution is 7.09. The standard InChI is InChI=1S/C9H15NS/c1-5-9(3,4)8-6-11-7(2)10-8/h6H,5H2,1-4H3. The average Bonchev–Trinajstić information content (AvgIpc) is 2.36. The third kappa shape index (κ3) is 1.80. The van der Waals surface area contributed by atoms with E-state index in [1.54, 1.807) is 11.3 Å². The summed E-state index contributed by atoms with van der Waals surface area (Å²) in [5.74, 6) is 0. The lowest BCUT2D eigenvalue weighted by Gasteiger charge is -2.19. The van der Waals surface area contributed by atoms with Gasteiger partial charge in [0.2, 0.25) is 0 Å². The van der Waals surface area contributed by atoms with Crippen molar-refractivity contribution in [3.05, 3.63) is 16.1 Å². The summed E-state index contributed by atoms with van der Waals surface area (Å²) >= 11 is 1.74. The number of aromatic nitrogens is 1. The molecule has 1 aromatic rings. The third-order valence-corrected chi connectivity index (χ3v) is 2.97. The van der Waals surface area contributed by atoms with Crippen molar-refractivity contribution in [3.8, 4) is 0 Å². The maximum absolute atomic E-state index is 4.47. The Morgan fingerprint density at radius 3 is 2.55 bits per heavy atom. The van der Waals surface area contributed by atoms with E-state index in [2.05, 4.69) is 38.1 Å². The van der Waals surface area contributed by atoms with Gasteiger partial charge in [0, 0.05) is 10.8 Å². The predicted octanol–water partition coefficient (Wildman–Crippen LogP) is 3.14. The number of hydrogen-bond donors (Lipinski definition) is 0. The molecule has 0 bridgehead atoms. The lowest BCUT2D eigenvalue weighted by Crippen LogP contribution is -2.15. The van der Waals surface area contributed by atoms with Gasteiger partial charge in [0.15, 0.2) is 0 Å². The molecule has 1 rings (SSSR count). The maximum Gasteiger partial charge on any atom is 0.0897 e. The van der Waals surface area contributed by atoms with E-state index in [0.717, 1.165) is 6.42 Å². The molecule has 0 aliphatic heterocycles. The van der Waals surface area contributed by atoms with Crippen molar-refractivity contribution in [3.63, 3.8) is 0 Å². The first-order chi connectivity index (χ1) is 5.06. The van der Waals surface area contributed by atoms with Crippen molar-refractivity contribution in [1.82, 2.24) is 4.98 Å². The van der Waals surface area contributed by atoms with E-state index in [0.29, 0.717) is 0 Å². The monoisotopic (exact) mass is 169 g/mol. The molecular formula is C9H15NS. The molecule has 0 radical (unpaired) electrons. The highest BCUT2D eigenvalue weighted by Crippen LogP contribution is 2.27. The molecule has 0 aliphatic carbocycles. The molecule has 0 amide bonds. The number of aryl methyl sites for hydroxylation is 1. The van der Waals surface area contributed by atoms with Gasteiger partial charge in [-0.15, -0.1) is 11.3 Å². The molecule has 0 saturated heterocycles. The van der Waals surface area contributed by atoms with E-state index >= 15 is 0 Å². The second-order valence-electron chi connectivity index (χ2n) is 3.49. The Labute approximate surface area is 72.5 Å². The molecule has 1 aromatic heterocycles. The zero-order chi connectivity index (χ0) is 8.48. The minimum atomic E-state index is 0.255. The Kier molecular flexibility index (Phi) is 2.33. The molecule has 0 atom stereocenters. The Morgan fingerprint density at radius 2 is 2.18 bits per heavy atom. The quantitative estimate of drug-likeness (QED) is 0.662. The first-order valence-corrected chi connectivity index (χ1v) is 4.87. The van der Waals surface area contributed by atoms with Crippen LogP contribution in [0.3, 0.4) is 0 Å². The highest BCUT2D eigenvalue weighted by Gasteiger charge is 2.20. The summed E-state index contributed by atoms with van der Waals surface area (Å²) in [6.07, 6.45) is 1.15. The van der Waals surface area contributed by atoms with Gasteiger partial charge in [-0.1, -0.05) is 20.8 Å². The first-order valence-electron chi connectivity index (χ1n) is 3.99. The molecule has 0 N–H and O–H groups in total. The molecule has 0 unspecified atom stereocenters. The van der Waals surface area contributed by atoms with Crippen LogP contribution in [-0.2, 0) is 5.41 Å². The van der Waals surface area contributed by atoms with E-state index in [9.17, 15) is 0 Å². The van der Waals surface area contributed by atoms with E-state index in [1.807, 2.05) is 0 Å². The van der Waals surface area contributed by atoms with Crippen molar-refractivity contribution in [2.45, 2.75) is 39.5 Å². The van der Waals surface area contributed by atoms with Gasteiger partial charge in [0.05, 0.1) is 10.7 Å². The molecule has 2 heteroatoms. The van der Waals surface area contributed by atoms with Gasteiger partial charge in [0.25, 0.3) is 0 Å². The molecular weight excluding hydrogens is 154 g/mol. The lowest BCUT2D eigenvalue weighted by atomic mass is 9.87. The van der Waals surface area contributed by atoms with Gasteiger partial charge in [-0.05, 0) is 13.3 Å². The van der Waals surface area contributed by atoms with Crippen LogP contribution in [-0.4, -0.2) is 4.98 Å². The molecule has 1 nitrogen and oxygen atoms in total. The fraction of sp³-hybridized carbons (Fsp3) is 0.667. The van der Waals surface area contributed by atoms with Gasteiger partial charge in [-0.25, -0.2) is 4.98 Å². The van der Waals surface area contributed by atoms with Crippen molar-refractivity contribution in [1.29, 1.82) is 0 Å². The van der Waals surface area contributed by atoms with Crippen LogP contribution in [0.5, 0.6) is 0 Å². The Morgan fingerprint density at radius 1 is 1.55 bits per heavy atom. The van der Waals surface area contributed by atoms with E-state index in [1.165, 1.54) is 10.7 Å². The van der Waals surface area contributed by atoms with Crippen LogP contribution in [0.25, 0.3) is 0 Å². The van der Waals surface area contributed by atoms with Gasteiger partial charge >= 0.3 is 0 Å². The van der Waals surface area contributed by atoms with E-state index < -0.39 is 0 Å². The first kappa shape index (κ1) is 8.72. The Hall–Kier alpha value is -0.370. The molecule has 0 aromatic carbocycles. The average molecular weight is 169 g/mol. The van der Waals surface area contributed by atoms with Gasteiger partial charge in [-0.2, -0.15) is 0 Å². The highest BCUT2D eigenvalue weighted by atomic mass is 32.1. The number of hydrogen-bond acceptors (Lipinski definition) is 2. The van der Waals surface area contributed by atoms with Crippen LogP contribution in [0.2, 0.25) is 0 Å². The molecule has 0 spiro atoms. The topological polar surface area (TPSA) is 12.9 Å². The van der Waals surface area contributed by atoms with Crippen LogP contribution in [0.4, 0.5) is 0 Å². The fourth-order valence-corrected chi connectivity index (χ4v) is 1.66. The van der Waals surface area contributed by atoms with Crippen molar-refractivity contribution < 1.29 is 0 Å². The van der Waals surface area contributed by atoms with Gasteiger partial charge < -0.3 is 0 Å². The van der Waals surface area contributed by atoms with Crippen molar-refractivity contribution >= 4 is 11.3 Å². The predicted molar refractivity (Wildman–Crippen MR) is 50.2 cm³/mol. The number of thiazole rings is 1. The smallest absolute Gasteiger partial charge is 0.0897 e. The summed E-state index contributed by atoms with van der Waals surface area (Å²) in [7, 11) is 0. The van der Waals surface area contributed by atoms with Crippen LogP contribution in [0.15, 0.2) is 5.38 Å². The minimum absolute atomic E-state index is 0.255. The zero-order valence-corrected chi connectivity index (χ0v) is 8.46. The summed E-state index contributed by atoms with van der Waals surface area (Å²) in [5, 5.41) is 3.33. The Bertz CT molecular complexity index is 237. The van der Waals surface area contributed by atoms with Crippen LogP contribution >= 0.6 is 11.3 Å². The van der Waals surface area contributed by atoms with Crippen LogP contribution < -0.4 is 0 Å². The molecule has 1 heterocycles.